The second kappa shape index (κ2) is 12.8. The molecular weight excluding hydrogens is 424 g/mol. The number of hydrogen-bond acceptors (Lipinski definition) is 7. The van der Waals surface area contributed by atoms with Crippen molar-refractivity contribution in [1.82, 2.24) is 10.3 Å². The number of esters is 1. The third kappa shape index (κ3) is 7.88. The molecule has 8 heteroatoms. The maximum absolute atomic E-state index is 12.9. The molecule has 0 bridgehead atoms. The smallest absolute Gasteiger partial charge is 0.331 e. The van der Waals surface area contributed by atoms with Crippen molar-refractivity contribution in [2.75, 3.05) is 20.3 Å². The monoisotopic (exact) mass is 464 g/mol. The molecule has 2 N–H and O–H groups in total. The van der Waals surface area contributed by atoms with Crippen molar-refractivity contribution >= 4 is 11.9 Å². The van der Waals surface area contributed by atoms with E-state index in [1.54, 1.807) is 0 Å². The Bertz CT molecular complexity index is 782. The van der Waals surface area contributed by atoms with Crippen molar-refractivity contribution in [2.45, 2.75) is 72.4 Å². The van der Waals surface area contributed by atoms with Crippen LogP contribution in [0.5, 0.6) is 11.5 Å². The summed E-state index contributed by atoms with van der Waals surface area (Å²) in [6.45, 7) is 11.2. The molecule has 0 spiro atoms. The Morgan fingerprint density at radius 3 is 2.52 bits per heavy atom. The molecule has 1 amide bonds. The molecule has 0 unspecified atom stereocenters. The van der Waals surface area contributed by atoms with E-state index in [-0.39, 0.29) is 41.7 Å². The number of rotatable bonds is 9. The Kier molecular flexibility index (Phi) is 10.4. The van der Waals surface area contributed by atoms with Crippen molar-refractivity contribution in [2.24, 2.45) is 23.7 Å². The van der Waals surface area contributed by atoms with Gasteiger partial charge in [-0.3, -0.25) is 4.79 Å². The molecule has 1 aromatic heterocycles. The summed E-state index contributed by atoms with van der Waals surface area (Å²) in [6.07, 6.45) is 5.14. The molecule has 2 rings (SSSR count). The average molecular weight is 465 g/mol. The Morgan fingerprint density at radius 2 is 1.88 bits per heavy atom. The zero-order valence-corrected chi connectivity index (χ0v) is 20.8. The number of aromatic hydroxyl groups is 1. The van der Waals surface area contributed by atoms with Gasteiger partial charge in [-0.1, -0.05) is 40.5 Å². The Labute approximate surface area is 197 Å². The molecule has 1 saturated heterocycles. The fourth-order valence-electron chi connectivity index (χ4n) is 4.20. The van der Waals surface area contributed by atoms with Crippen LogP contribution in [0, 0.1) is 23.7 Å². The van der Waals surface area contributed by atoms with Crippen LogP contribution in [0.3, 0.4) is 0 Å². The van der Waals surface area contributed by atoms with Gasteiger partial charge in [0, 0.05) is 24.8 Å². The van der Waals surface area contributed by atoms with Gasteiger partial charge in [-0.25, -0.2) is 9.78 Å². The molecule has 1 aromatic rings. The van der Waals surface area contributed by atoms with Crippen molar-refractivity contribution in [1.29, 1.82) is 0 Å². The van der Waals surface area contributed by atoms with Gasteiger partial charge in [0.15, 0.2) is 23.2 Å². The third-order valence-corrected chi connectivity index (χ3v) is 6.23. The molecule has 2 heterocycles. The van der Waals surface area contributed by atoms with Gasteiger partial charge in [-0.2, -0.15) is 0 Å². The fourth-order valence-corrected chi connectivity index (χ4v) is 4.20. The fraction of sp³-hybridized carbons (Fsp3) is 0.720. The second-order valence-corrected chi connectivity index (χ2v) is 9.78. The van der Waals surface area contributed by atoms with Crippen LogP contribution >= 0.6 is 0 Å². The number of methoxy groups -OCH3 is 1. The number of aromatic nitrogens is 1. The van der Waals surface area contributed by atoms with Crippen molar-refractivity contribution < 1.29 is 28.9 Å². The number of hydrogen-bond donors (Lipinski definition) is 2. The molecular formula is C25H40N2O6. The summed E-state index contributed by atoms with van der Waals surface area (Å²) in [4.78, 5) is 29.6. The molecule has 1 fully saturated rings. The van der Waals surface area contributed by atoms with Gasteiger partial charge < -0.3 is 24.6 Å². The minimum atomic E-state index is -0.998. The average Bonchev–Trinajstić information content (AvgIpc) is 2.80. The van der Waals surface area contributed by atoms with E-state index in [4.69, 9.17) is 14.2 Å². The summed E-state index contributed by atoms with van der Waals surface area (Å²) < 4.78 is 16.8. The summed E-state index contributed by atoms with van der Waals surface area (Å²) in [5, 5.41) is 12.8. The van der Waals surface area contributed by atoms with E-state index in [9.17, 15) is 14.7 Å². The lowest BCUT2D eigenvalue weighted by Crippen LogP contribution is -2.46. The van der Waals surface area contributed by atoms with Crippen LogP contribution < -0.4 is 10.1 Å². The van der Waals surface area contributed by atoms with Gasteiger partial charge in [0.25, 0.3) is 5.91 Å². The van der Waals surface area contributed by atoms with Gasteiger partial charge in [0.05, 0.1) is 13.7 Å². The number of cyclic esters (lactones) is 1. The highest BCUT2D eigenvalue weighted by Gasteiger charge is 2.35. The van der Waals surface area contributed by atoms with E-state index in [0.717, 1.165) is 25.7 Å². The highest BCUT2D eigenvalue weighted by molar-refractivity contribution is 5.98. The normalized spacial score (nSPS) is 24.1. The van der Waals surface area contributed by atoms with Gasteiger partial charge in [-0.15, -0.1) is 0 Å². The summed E-state index contributed by atoms with van der Waals surface area (Å²) in [5.41, 5.74) is -0.223. The van der Waals surface area contributed by atoms with E-state index in [1.165, 1.54) is 19.4 Å². The van der Waals surface area contributed by atoms with Gasteiger partial charge >= 0.3 is 5.97 Å². The minimum absolute atomic E-state index is 0.00287. The van der Waals surface area contributed by atoms with Crippen molar-refractivity contribution in [3.05, 3.63) is 18.0 Å². The largest absolute Gasteiger partial charge is 0.503 e. The first-order valence-corrected chi connectivity index (χ1v) is 11.9. The molecule has 1 aliphatic heterocycles. The topological polar surface area (TPSA) is 107 Å². The number of amides is 1. The van der Waals surface area contributed by atoms with Crippen LogP contribution in [-0.2, 0) is 14.3 Å². The van der Waals surface area contributed by atoms with Crippen molar-refractivity contribution in [3.8, 4) is 11.5 Å². The Morgan fingerprint density at radius 1 is 1.21 bits per heavy atom. The molecule has 0 aliphatic carbocycles. The zero-order valence-electron chi connectivity index (χ0n) is 20.8. The predicted octanol–water partition coefficient (Wildman–Crippen LogP) is 3.96. The maximum Gasteiger partial charge on any atom is 0.331 e. The standard InChI is InChI=1S/C25H40N2O6/c1-15(2)7-9-18-13-32-14-20(25(30)33-17(5)19(18)10-8-16(3)4)27-24(29)22-23(28)21(31-6)11-12-26-22/h11-12,15-20,28H,7-10,13-14H2,1-6H3,(H,27,29)/t17-,18-,19-,20-/m0/s1. The lowest BCUT2D eigenvalue weighted by molar-refractivity contribution is -0.154. The van der Waals surface area contributed by atoms with Gasteiger partial charge in [-0.05, 0) is 37.5 Å². The van der Waals surface area contributed by atoms with E-state index < -0.39 is 17.9 Å². The van der Waals surface area contributed by atoms with E-state index in [2.05, 4.69) is 38.0 Å². The summed E-state index contributed by atoms with van der Waals surface area (Å²) in [5.74, 6) is 0.0948. The lowest BCUT2D eigenvalue weighted by atomic mass is 9.80. The molecule has 4 atom stereocenters. The number of ether oxygens (including phenoxy) is 3. The maximum atomic E-state index is 12.9. The minimum Gasteiger partial charge on any atom is -0.503 e. The van der Waals surface area contributed by atoms with E-state index in [1.807, 2.05) is 6.92 Å². The first-order valence-electron chi connectivity index (χ1n) is 11.9. The van der Waals surface area contributed by atoms with Crippen molar-refractivity contribution in [3.63, 3.8) is 0 Å². The van der Waals surface area contributed by atoms with E-state index in [0.29, 0.717) is 18.4 Å². The molecule has 33 heavy (non-hydrogen) atoms. The summed E-state index contributed by atoms with van der Waals surface area (Å²) in [6, 6.07) is 0.446. The zero-order chi connectivity index (χ0) is 24.5. The Balaban J connectivity index is 2.17. The van der Waals surface area contributed by atoms with Crippen LogP contribution in [0.1, 0.15) is 70.8 Å². The summed E-state index contributed by atoms with van der Waals surface area (Å²) in [7, 11) is 1.38. The molecule has 186 valence electrons. The highest BCUT2D eigenvalue weighted by Crippen LogP contribution is 2.32. The predicted molar refractivity (Wildman–Crippen MR) is 125 cm³/mol. The number of nitrogens with zero attached hydrogens (tertiary/aromatic N) is 1. The van der Waals surface area contributed by atoms with Gasteiger partial charge in [0.1, 0.15) is 6.10 Å². The molecule has 1 aliphatic rings. The van der Waals surface area contributed by atoms with Crippen LogP contribution in [-0.4, -0.2) is 54.4 Å². The number of carbonyl (C=O) groups excluding carboxylic acids is 2. The first-order chi connectivity index (χ1) is 15.6. The molecule has 0 aromatic carbocycles. The second-order valence-electron chi connectivity index (χ2n) is 9.78. The van der Waals surface area contributed by atoms with E-state index >= 15 is 0 Å². The number of pyridine rings is 1. The molecule has 8 nitrogen and oxygen atoms in total. The molecule has 0 radical (unpaired) electrons. The van der Waals surface area contributed by atoms with Crippen LogP contribution in [0.2, 0.25) is 0 Å². The first kappa shape index (κ1) is 26.9. The number of nitrogens with one attached hydrogen (secondary N) is 1. The quantitative estimate of drug-likeness (QED) is 0.533. The Hall–Kier alpha value is -2.35. The van der Waals surface area contributed by atoms with Crippen LogP contribution in [0.15, 0.2) is 12.3 Å². The SMILES string of the molecule is COc1ccnc(C(=O)N[C@H]2COC[C@H](CCC(C)C)[C@@H](CCC(C)C)[C@H](C)OC2=O)c1O. The third-order valence-electron chi connectivity index (χ3n) is 6.23. The molecule has 0 saturated carbocycles. The van der Waals surface area contributed by atoms with Gasteiger partial charge in [0.2, 0.25) is 0 Å². The lowest BCUT2D eigenvalue weighted by Gasteiger charge is -2.31. The van der Waals surface area contributed by atoms with Crippen LogP contribution in [0.25, 0.3) is 0 Å². The van der Waals surface area contributed by atoms with Crippen LogP contribution in [0.4, 0.5) is 0 Å². The number of carbonyl (C=O) groups is 2. The highest BCUT2D eigenvalue weighted by atomic mass is 16.6. The summed E-state index contributed by atoms with van der Waals surface area (Å²) >= 11 is 0.